The number of nitrogens with one attached hydrogen (secondary N) is 2. The summed E-state index contributed by atoms with van der Waals surface area (Å²) >= 11 is 1.39. The van der Waals surface area contributed by atoms with Crippen molar-refractivity contribution in [2.45, 2.75) is 43.3 Å². The SMILES string of the molecule is Cc1cc(-c2cccc3nc(Sc4ccc(NC(=O)OC(C)(C)C)cc4)nc(N)c23)n[nH]1. The lowest BCUT2D eigenvalue weighted by Gasteiger charge is -2.19. The van der Waals surface area contributed by atoms with Crippen LogP contribution in [0.3, 0.4) is 0 Å². The first-order valence-corrected chi connectivity index (χ1v) is 10.9. The number of aromatic nitrogens is 4. The molecule has 1 amide bonds. The number of H-pyrrole nitrogens is 1. The van der Waals surface area contributed by atoms with Gasteiger partial charge in [-0.1, -0.05) is 12.1 Å². The third-order valence-corrected chi connectivity index (χ3v) is 5.29. The second-order valence-corrected chi connectivity index (χ2v) is 9.32. The largest absolute Gasteiger partial charge is 0.444 e. The van der Waals surface area contributed by atoms with Crippen LogP contribution in [-0.4, -0.2) is 31.9 Å². The third kappa shape index (κ3) is 5.00. The summed E-state index contributed by atoms with van der Waals surface area (Å²) < 4.78 is 5.27. The number of rotatable bonds is 4. The number of hydrogen-bond acceptors (Lipinski definition) is 7. The number of hydrogen-bond donors (Lipinski definition) is 3. The van der Waals surface area contributed by atoms with E-state index in [-0.39, 0.29) is 0 Å². The van der Waals surface area contributed by atoms with Crippen molar-refractivity contribution in [3.8, 4) is 11.3 Å². The highest BCUT2D eigenvalue weighted by atomic mass is 32.2. The van der Waals surface area contributed by atoms with Crippen molar-refractivity contribution in [3.05, 3.63) is 54.2 Å². The lowest BCUT2D eigenvalue weighted by Crippen LogP contribution is -2.27. The summed E-state index contributed by atoms with van der Waals surface area (Å²) in [4.78, 5) is 22.0. The summed E-state index contributed by atoms with van der Waals surface area (Å²) in [6.07, 6.45) is -0.494. The van der Waals surface area contributed by atoms with Gasteiger partial charge in [-0.05, 0) is 75.9 Å². The van der Waals surface area contributed by atoms with Gasteiger partial charge in [-0.25, -0.2) is 14.8 Å². The Morgan fingerprint density at radius 2 is 1.88 bits per heavy atom. The summed E-state index contributed by atoms with van der Waals surface area (Å²) in [5.74, 6) is 0.400. The van der Waals surface area contributed by atoms with Crippen molar-refractivity contribution in [1.82, 2.24) is 20.2 Å². The number of carbonyl (C=O) groups is 1. The van der Waals surface area contributed by atoms with Crippen LogP contribution in [0, 0.1) is 6.92 Å². The van der Waals surface area contributed by atoms with Crippen LogP contribution in [0.1, 0.15) is 26.5 Å². The van der Waals surface area contributed by atoms with Crippen molar-refractivity contribution in [1.29, 1.82) is 0 Å². The molecule has 0 aliphatic rings. The van der Waals surface area contributed by atoms with Gasteiger partial charge in [0.2, 0.25) is 0 Å². The highest BCUT2D eigenvalue weighted by molar-refractivity contribution is 7.99. The molecule has 0 saturated heterocycles. The van der Waals surface area contributed by atoms with Gasteiger partial charge in [-0.3, -0.25) is 10.4 Å². The van der Waals surface area contributed by atoms with E-state index in [1.807, 2.05) is 64.1 Å². The first-order valence-electron chi connectivity index (χ1n) is 10.0. The number of nitrogens with zero attached hydrogens (tertiary/aromatic N) is 3. The second kappa shape index (κ2) is 8.51. The van der Waals surface area contributed by atoms with E-state index in [2.05, 4.69) is 25.5 Å². The molecule has 0 bridgehead atoms. The fourth-order valence-electron chi connectivity index (χ4n) is 3.14. The van der Waals surface area contributed by atoms with Gasteiger partial charge in [0.05, 0.1) is 16.6 Å². The summed E-state index contributed by atoms with van der Waals surface area (Å²) in [6.45, 7) is 7.41. The average Bonchev–Trinajstić information content (AvgIpc) is 3.14. The third-order valence-electron chi connectivity index (χ3n) is 4.42. The van der Waals surface area contributed by atoms with Crippen molar-refractivity contribution in [3.63, 3.8) is 0 Å². The molecule has 4 N–H and O–H groups in total. The Labute approximate surface area is 190 Å². The molecule has 0 saturated carbocycles. The molecular formula is C23H24N6O2S. The van der Waals surface area contributed by atoms with Gasteiger partial charge >= 0.3 is 6.09 Å². The molecule has 0 atom stereocenters. The number of nitrogens with two attached hydrogens (primary N) is 1. The predicted octanol–water partition coefficient (Wildman–Crippen LogP) is 5.41. The molecule has 8 nitrogen and oxygen atoms in total. The lowest BCUT2D eigenvalue weighted by atomic mass is 10.1. The van der Waals surface area contributed by atoms with Crippen LogP contribution in [0.4, 0.5) is 16.3 Å². The lowest BCUT2D eigenvalue weighted by molar-refractivity contribution is 0.0636. The fourth-order valence-corrected chi connectivity index (χ4v) is 3.91. The molecule has 4 rings (SSSR count). The van der Waals surface area contributed by atoms with E-state index in [4.69, 9.17) is 10.5 Å². The molecule has 0 aliphatic heterocycles. The zero-order valence-electron chi connectivity index (χ0n) is 18.3. The molecule has 0 spiro atoms. The number of aromatic amines is 1. The zero-order chi connectivity index (χ0) is 22.9. The van der Waals surface area contributed by atoms with Gasteiger partial charge in [0.1, 0.15) is 11.4 Å². The van der Waals surface area contributed by atoms with Crippen LogP contribution in [0.5, 0.6) is 0 Å². The van der Waals surface area contributed by atoms with Crippen LogP contribution in [-0.2, 0) is 4.74 Å². The molecule has 0 radical (unpaired) electrons. The number of carbonyl (C=O) groups excluding carboxylic acids is 1. The molecule has 9 heteroatoms. The van der Waals surface area contributed by atoms with Gasteiger partial charge < -0.3 is 10.5 Å². The minimum Gasteiger partial charge on any atom is -0.444 e. The van der Waals surface area contributed by atoms with Crippen molar-refractivity contribution in [2.24, 2.45) is 0 Å². The number of fused-ring (bicyclic) bond motifs is 1. The molecule has 2 aromatic carbocycles. The van der Waals surface area contributed by atoms with Gasteiger partial charge in [0, 0.05) is 21.8 Å². The van der Waals surface area contributed by atoms with Gasteiger partial charge in [-0.15, -0.1) is 0 Å². The Hall–Kier alpha value is -3.59. The Balaban J connectivity index is 1.54. The van der Waals surface area contributed by atoms with E-state index < -0.39 is 11.7 Å². The summed E-state index contributed by atoms with van der Waals surface area (Å²) in [7, 11) is 0. The van der Waals surface area contributed by atoms with E-state index >= 15 is 0 Å². The number of nitrogen functional groups attached to an aromatic ring is 1. The fraction of sp³-hybridized carbons (Fsp3) is 0.217. The first-order chi connectivity index (χ1) is 15.2. The number of ether oxygens (including phenoxy) is 1. The van der Waals surface area contributed by atoms with Crippen LogP contribution >= 0.6 is 11.8 Å². The van der Waals surface area contributed by atoms with Gasteiger partial charge in [0.25, 0.3) is 0 Å². The Morgan fingerprint density at radius 3 is 2.53 bits per heavy atom. The van der Waals surface area contributed by atoms with Crippen molar-refractivity contribution >= 4 is 40.3 Å². The molecule has 32 heavy (non-hydrogen) atoms. The minimum atomic E-state index is -0.552. The van der Waals surface area contributed by atoms with Gasteiger partial charge in [-0.2, -0.15) is 5.10 Å². The van der Waals surface area contributed by atoms with Crippen LogP contribution < -0.4 is 11.1 Å². The van der Waals surface area contributed by atoms with Crippen LogP contribution in [0.2, 0.25) is 0 Å². The number of aryl methyl sites for hydroxylation is 1. The molecule has 164 valence electrons. The predicted molar refractivity (Wildman–Crippen MR) is 127 cm³/mol. The number of benzene rings is 2. The van der Waals surface area contributed by atoms with Crippen molar-refractivity contribution in [2.75, 3.05) is 11.1 Å². The number of anilines is 2. The van der Waals surface area contributed by atoms with E-state index in [0.717, 1.165) is 32.7 Å². The molecular weight excluding hydrogens is 424 g/mol. The Kier molecular flexibility index (Phi) is 5.75. The normalized spacial score (nSPS) is 11.5. The monoisotopic (exact) mass is 448 g/mol. The van der Waals surface area contributed by atoms with Crippen LogP contribution in [0.15, 0.2) is 58.6 Å². The molecule has 0 aliphatic carbocycles. The minimum absolute atomic E-state index is 0.400. The number of amides is 1. The maximum Gasteiger partial charge on any atom is 0.412 e. The standard InChI is InChI=1S/C23H24N6O2S/c1-13-12-18(29-28-13)16-6-5-7-17-19(16)20(24)27-21(26-17)32-15-10-8-14(9-11-15)25-22(30)31-23(2,3)4/h5-12H,1-4H3,(H,25,30)(H,28,29)(H2,24,26,27). The quantitative estimate of drug-likeness (QED) is 0.357. The maximum atomic E-state index is 11.9. The first kappa shape index (κ1) is 21.6. The molecule has 2 heterocycles. The average molecular weight is 449 g/mol. The zero-order valence-corrected chi connectivity index (χ0v) is 19.1. The Morgan fingerprint density at radius 1 is 1.12 bits per heavy atom. The van der Waals surface area contributed by atoms with E-state index in [1.165, 1.54) is 11.8 Å². The van der Waals surface area contributed by atoms with E-state index in [9.17, 15) is 4.79 Å². The molecule has 4 aromatic rings. The highest BCUT2D eigenvalue weighted by Gasteiger charge is 2.16. The molecule has 0 unspecified atom stereocenters. The van der Waals surface area contributed by atoms with E-state index in [1.54, 1.807) is 12.1 Å². The Bertz CT molecular complexity index is 1280. The van der Waals surface area contributed by atoms with Gasteiger partial charge in [0.15, 0.2) is 5.16 Å². The summed E-state index contributed by atoms with van der Waals surface area (Å²) in [6, 6.07) is 15.1. The molecule has 2 aromatic heterocycles. The maximum absolute atomic E-state index is 11.9. The topological polar surface area (TPSA) is 119 Å². The smallest absolute Gasteiger partial charge is 0.412 e. The highest BCUT2D eigenvalue weighted by Crippen LogP contribution is 2.33. The van der Waals surface area contributed by atoms with Crippen molar-refractivity contribution < 1.29 is 9.53 Å². The molecule has 0 fully saturated rings. The van der Waals surface area contributed by atoms with Crippen LogP contribution in [0.25, 0.3) is 22.2 Å². The van der Waals surface area contributed by atoms with E-state index in [0.29, 0.717) is 16.7 Å². The summed E-state index contributed by atoms with van der Waals surface area (Å²) in [5, 5.41) is 11.3. The second-order valence-electron chi connectivity index (χ2n) is 8.28. The summed E-state index contributed by atoms with van der Waals surface area (Å²) in [5.41, 5.74) is 9.82.